The van der Waals surface area contributed by atoms with Crippen LogP contribution in [0, 0.1) is 5.92 Å². The van der Waals surface area contributed by atoms with Crippen LogP contribution in [-0.4, -0.2) is 53.8 Å². The fourth-order valence-corrected chi connectivity index (χ4v) is 2.57. The Labute approximate surface area is 126 Å². The Balaban J connectivity index is 2.62. The van der Waals surface area contributed by atoms with E-state index in [1.165, 1.54) is 0 Å². The highest BCUT2D eigenvalue weighted by Gasteiger charge is 2.30. The molecule has 2 atom stereocenters. The van der Waals surface area contributed by atoms with Gasteiger partial charge in [0.05, 0.1) is 19.1 Å². The molecule has 0 spiro atoms. The van der Waals surface area contributed by atoms with Gasteiger partial charge in [-0.3, -0.25) is 4.79 Å². The van der Waals surface area contributed by atoms with Crippen molar-refractivity contribution in [2.75, 3.05) is 19.8 Å². The van der Waals surface area contributed by atoms with Crippen molar-refractivity contribution in [1.29, 1.82) is 0 Å². The van der Waals surface area contributed by atoms with E-state index < -0.39 is 5.97 Å². The van der Waals surface area contributed by atoms with E-state index in [1.807, 2.05) is 20.8 Å². The van der Waals surface area contributed by atoms with Crippen LogP contribution in [0.1, 0.15) is 46.5 Å². The second kappa shape index (κ2) is 8.87. The molecule has 21 heavy (non-hydrogen) atoms. The summed E-state index contributed by atoms with van der Waals surface area (Å²) in [6.07, 6.45) is 2.69. The summed E-state index contributed by atoms with van der Waals surface area (Å²) >= 11 is 0. The molecule has 0 bridgehead atoms. The smallest absolute Gasteiger partial charge is 0.317 e. The first-order chi connectivity index (χ1) is 9.95. The van der Waals surface area contributed by atoms with Gasteiger partial charge in [0.1, 0.15) is 0 Å². The van der Waals surface area contributed by atoms with Crippen LogP contribution in [0.5, 0.6) is 0 Å². The highest BCUT2D eigenvalue weighted by atomic mass is 16.5. The van der Waals surface area contributed by atoms with Crippen LogP contribution in [0.15, 0.2) is 0 Å². The van der Waals surface area contributed by atoms with Crippen molar-refractivity contribution in [3.63, 3.8) is 0 Å². The van der Waals surface area contributed by atoms with E-state index in [2.05, 4.69) is 5.32 Å². The molecule has 1 rings (SSSR count). The van der Waals surface area contributed by atoms with Crippen LogP contribution < -0.4 is 5.32 Å². The summed E-state index contributed by atoms with van der Waals surface area (Å²) in [5.41, 5.74) is 0. The summed E-state index contributed by atoms with van der Waals surface area (Å²) in [7, 11) is 0. The van der Waals surface area contributed by atoms with E-state index in [0.29, 0.717) is 19.8 Å². The molecular formula is C15H28N2O4. The number of rotatable bonds is 7. The second-order valence-electron chi connectivity index (χ2n) is 5.90. The van der Waals surface area contributed by atoms with Gasteiger partial charge < -0.3 is 20.1 Å². The summed E-state index contributed by atoms with van der Waals surface area (Å²) in [5.74, 6) is -0.586. The molecule has 2 N–H and O–H groups in total. The standard InChI is InChI=1S/C15H28N2O4/c1-4-21-10-13(11(2)3)16-15(20)17-8-6-5-7-12(17)9-14(18)19/h11-13H,4-10H2,1-3H3,(H,16,20)(H,18,19). The predicted octanol–water partition coefficient (Wildman–Crippen LogP) is 2.09. The average Bonchev–Trinajstić information content (AvgIpc) is 2.42. The Kier molecular flexibility index (Phi) is 7.50. The zero-order valence-corrected chi connectivity index (χ0v) is 13.3. The third-order valence-electron chi connectivity index (χ3n) is 3.91. The molecule has 122 valence electrons. The summed E-state index contributed by atoms with van der Waals surface area (Å²) in [4.78, 5) is 25.0. The maximum atomic E-state index is 12.4. The van der Waals surface area contributed by atoms with Crippen molar-refractivity contribution in [3.05, 3.63) is 0 Å². The Morgan fingerprint density at radius 1 is 1.38 bits per heavy atom. The number of nitrogens with one attached hydrogen (secondary N) is 1. The molecular weight excluding hydrogens is 272 g/mol. The number of carbonyl (C=O) groups excluding carboxylic acids is 1. The lowest BCUT2D eigenvalue weighted by Gasteiger charge is -2.36. The molecule has 1 aliphatic heterocycles. The fraction of sp³-hybridized carbons (Fsp3) is 0.867. The van der Waals surface area contributed by atoms with E-state index >= 15 is 0 Å². The number of hydrogen-bond donors (Lipinski definition) is 2. The van der Waals surface area contributed by atoms with Crippen LogP contribution >= 0.6 is 0 Å². The first-order valence-electron chi connectivity index (χ1n) is 7.82. The lowest BCUT2D eigenvalue weighted by molar-refractivity contribution is -0.138. The van der Waals surface area contributed by atoms with Gasteiger partial charge in [-0.2, -0.15) is 0 Å². The number of aliphatic carboxylic acids is 1. The van der Waals surface area contributed by atoms with Gasteiger partial charge in [0.25, 0.3) is 0 Å². The van der Waals surface area contributed by atoms with E-state index in [-0.39, 0.29) is 30.5 Å². The van der Waals surface area contributed by atoms with E-state index in [9.17, 15) is 9.59 Å². The molecule has 1 saturated heterocycles. The summed E-state index contributed by atoms with van der Waals surface area (Å²) in [6, 6.07) is -0.416. The van der Waals surface area contributed by atoms with Gasteiger partial charge in [0, 0.05) is 19.2 Å². The molecule has 2 amide bonds. The molecule has 0 saturated carbocycles. The van der Waals surface area contributed by atoms with Crippen molar-refractivity contribution >= 4 is 12.0 Å². The molecule has 1 aliphatic rings. The Morgan fingerprint density at radius 3 is 2.67 bits per heavy atom. The molecule has 6 nitrogen and oxygen atoms in total. The highest BCUT2D eigenvalue weighted by Crippen LogP contribution is 2.20. The SMILES string of the molecule is CCOCC(NC(=O)N1CCCCC1CC(=O)O)C(C)C. The number of piperidine rings is 1. The molecule has 2 unspecified atom stereocenters. The van der Waals surface area contributed by atoms with Gasteiger partial charge in [-0.1, -0.05) is 13.8 Å². The van der Waals surface area contributed by atoms with Crippen LogP contribution in [0.25, 0.3) is 0 Å². The van der Waals surface area contributed by atoms with Crippen LogP contribution in [0.3, 0.4) is 0 Å². The van der Waals surface area contributed by atoms with Crippen molar-refractivity contribution in [3.8, 4) is 0 Å². The molecule has 6 heteroatoms. The zero-order valence-electron chi connectivity index (χ0n) is 13.3. The summed E-state index contributed by atoms with van der Waals surface area (Å²) in [5, 5.41) is 12.0. The number of ether oxygens (including phenoxy) is 1. The quantitative estimate of drug-likeness (QED) is 0.754. The van der Waals surface area contributed by atoms with Crippen LogP contribution in [-0.2, 0) is 9.53 Å². The van der Waals surface area contributed by atoms with Crippen LogP contribution in [0.4, 0.5) is 4.79 Å². The molecule has 0 aromatic rings. The number of carboxylic acid groups (broad SMARTS) is 1. The largest absolute Gasteiger partial charge is 0.481 e. The minimum absolute atomic E-state index is 0.0191. The lowest BCUT2D eigenvalue weighted by atomic mass is 9.99. The van der Waals surface area contributed by atoms with Crippen molar-refractivity contribution in [1.82, 2.24) is 10.2 Å². The molecule has 1 heterocycles. The Bertz CT molecular complexity index is 347. The minimum Gasteiger partial charge on any atom is -0.481 e. The normalized spacial score (nSPS) is 20.4. The van der Waals surface area contributed by atoms with E-state index in [0.717, 1.165) is 19.3 Å². The topological polar surface area (TPSA) is 78.9 Å². The second-order valence-corrected chi connectivity index (χ2v) is 5.90. The molecule has 1 fully saturated rings. The third kappa shape index (κ3) is 5.91. The number of nitrogens with zero attached hydrogens (tertiary/aromatic N) is 1. The van der Waals surface area contributed by atoms with Gasteiger partial charge in [0.15, 0.2) is 0 Å². The minimum atomic E-state index is -0.852. The van der Waals surface area contributed by atoms with Crippen LogP contribution in [0.2, 0.25) is 0 Å². The van der Waals surface area contributed by atoms with Crippen molar-refractivity contribution < 1.29 is 19.4 Å². The first kappa shape index (κ1) is 17.8. The monoisotopic (exact) mass is 300 g/mol. The van der Waals surface area contributed by atoms with Crippen molar-refractivity contribution in [2.24, 2.45) is 5.92 Å². The summed E-state index contributed by atoms with van der Waals surface area (Å²) < 4.78 is 5.41. The number of carbonyl (C=O) groups is 2. The van der Waals surface area contributed by atoms with Gasteiger partial charge in [-0.25, -0.2) is 4.79 Å². The van der Waals surface area contributed by atoms with E-state index in [1.54, 1.807) is 4.90 Å². The highest BCUT2D eigenvalue weighted by molar-refractivity contribution is 5.76. The fourth-order valence-electron chi connectivity index (χ4n) is 2.57. The maximum absolute atomic E-state index is 12.4. The number of likely N-dealkylation sites (tertiary alicyclic amines) is 1. The first-order valence-corrected chi connectivity index (χ1v) is 7.82. The van der Waals surface area contributed by atoms with Gasteiger partial charge in [0.2, 0.25) is 0 Å². The predicted molar refractivity (Wildman–Crippen MR) is 80.2 cm³/mol. The van der Waals surface area contributed by atoms with Crippen molar-refractivity contribution in [2.45, 2.75) is 58.5 Å². The molecule has 0 aromatic carbocycles. The van der Waals surface area contributed by atoms with Gasteiger partial charge in [-0.05, 0) is 32.1 Å². The Hall–Kier alpha value is -1.30. The molecule has 0 aromatic heterocycles. The lowest BCUT2D eigenvalue weighted by Crippen LogP contribution is -2.53. The molecule has 0 aliphatic carbocycles. The number of hydrogen-bond acceptors (Lipinski definition) is 3. The van der Waals surface area contributed by atoms with E-state index in [4.69, 9.17) is 9.84 Å². The summed E-state index contributed by atoms with van der Waals surface area (Å²) in [6.45, 7) is 7.72. The Morgan fingerprint density at radius 2 is 2.10 bits per heavy atom. The molecule has 0 radical (unpaired) electrons. The average molecular weight is 300 g/mol. The number of carboxylic acids is 1. The zero-order chi connectivity index (χ0) is 15.8. The maximum Gasteiger partial charge on any atom is 0.317 e. The van der Waals surface area contributed by atoms with Gasteiger partial charge in [-0.15, -0.1) is 0 Å². The van der Waals surface area contributed by atoms with Gasteiger partial charge >= 0.3 is 12.0 Å². The number of urea groups is 1. The number of amides is 2. The third-order valence-corrected chi connectivity index (χ3v) is 3.91.